The summed E-state index contributed by atoms with van der Waals surface area (Å²) < 4.78 is 1.20. The monoisotopic (exact) mass is 311 g/mol. The summed E-state index contributed by atoms with van der Waals surface area (Å²) in [6.45, 7) is 4.93. The second kappa shape index (κ2) is 4.40. The van der Waals surface area contributed by atoms with Gasteiger partial charge in [-0.2, -0.15) is 0 Å². The lowest BCUT2D eigenvalue weighted by Gasteiger charge is -2.56. The van der Waals surface area contributed by atoms with Gasteiger partial charge in [-0.25, -0.2) is 0 Å². The Morgan fingerprint density at radius 3 is 3.00 bits per heavy atom. The van der Waals surface area contributed by atoms with Gasteiger partial charge in [-0.3, -0.25) is 0 Å². The molecule has 3 heteroatoms. The SMILES string of the molecule is C/C=C1/C[N+]2(C)CC[C@@]34c5ccccc5N[C@@H]3[C@H](CO)[C@@H]1C[C@H]42. The Morgan fingerprint density at radius 2 is 2.22 bits per heavy atom. The van der Waals surface area contributed by atoms with Gasteiger partial charge in [0.15, 0.2) is 0 Å². The number of hydrogen-bond donors (Lipinski definition) is 2. The first-order valence-corrected chi connectivity index (χ1v) is 9.10. The number of anilines is 1. The molecule has 1 spiro atoms. The van der Waals surface area contributed by atoms with Gasteiger partial charge in [-0.1, -0.05) is 24.3 Å². The van der Waals surface area contributed by atoms with Crippen molar-refractivity contribution in [3.63, 3.8) is 0 Å². The lowest BCUT2D eigenvalue weighted by atomic mass is 9.55. The molecule has 4 aliphatic rings. The van der Waals surface area contributed by atoms with Crippen molar-refractivity contribution in [1.82, 2.24) is 0 Å². The molecule has 0 radical (unpaired) electrons. The maximum Gasteiger partial charge on any atom is 0.102 e. The Hall–Kier alpha value is -1.32. The minimum atomic E-state index is 0.231. The van der Waals surface area contributed by atoms with Crippen LogP contribution < -0.4 is 5.32 Å². The van der Waals surface area contributed by atoms with E-state index in [0.29, 0.717) is 30.5 Å². The molecule has 1 aliphatic carbocycles. The molecule has 1 aromatic carbocycles. The molecular formula is C20H27N2O+. The summed E-state index contributed by atoms with van der Waals surface area (Å²) in [4.78, 5) is 0. The molecule has 0 aromatic heterocycles. The fourth-order valence-corrected chi connectivity index (χ4v) is 6.76. The number of piperidine rings is 1. The van der Waals surface area contributed by atoms with Crippen molar-refractivity contribution >= 4 is 5.69 Å². The van der Waals surface area contributed by atoms with Crippen LogP contribution in [-0.4, -0.2) is 48.4 Å². The predicted octanol–water partition coefficient (Wildman–Crippen LogP) is 2.53. The molecule has 6 atom stereocenters. The van der Waals surface area contributed by atoms with E-state index in [9.17, 15) is 5.11 Å². The topological polar surface area (TPSA) is 32.3 Å². The van der Waals surface area contributed by atoms with Gasteiger partial charge in [0.2, 0.25) is 0 Å². The van der Waals surface area contributed by atoms with E-state index in [1.54, 1.807) is 5.57 Å². The van der Waals surface area contributed by atoms with E-state index < -0.39 is 0 Å². The van der Waals surface area contributed by atoms with E-state index in [0.717, 1.165) is 0 Å². The van der Waals surface area contributed by atoms with Crippen molar-refractivity contribution in [1.29, 1.82) is 0 Å². The van der Waals surface area contributed by atoms with Gasteiger partial charge >= 0.3 is 0 Å². The third-order valence-electron chi connectivity index (χ3n) is 7.70. The van der Waals surface area contributed by atoms with Crippen molar-refractivity contribution in [3.05, 3.63) is 41.5 Å². The number of para-hydroxylation sites is 1. The molecule has 3 aliphatic heterocycles. The molecule has 122 valence electrons. The molecular weight excluding hydrogens is 284 g/mol. The van der Waals surface area contributed by atoms with Crippen molar-refractivity contribution in [2.24, 2.45) is 11.8 Å². The van der Waals surface area contributed by atoms with E-state index in [2.05, 4.69) is 49.6 Å². The highest BCUT2D eigenvalue weighted by molar-refractivity contribution is 5.64. The number of aliphatic hydroxyl groups is 1. The lowest BCUT2D eigenvalue weighted by Crippen LogP contribution is -2.67. The quantitative estimate of drug-likeness (QED) is 0.617. The number of rotatable bonds is 1. The first-order chi connectivity index (χ1) is 11.1. The van der Waals surface area contributed by atoms with Crippen LogP contribution in [0.3, 0.4) is 0 Å². The predicted molar refractivity (Wildman–Crippen MR) is 92.3 cm³/mol. The third-order valence-corrected chi connectivity index (χ3v) is 7.70. The Bertz CT molecular complexity index is 699. The largest absolute Gasteiger partial charge is 0.396 e. The first kappa shape index (κ1) is 14.1. The number of likely N-dealkylation sites (N-methyl/N-ethyl adjacent to an activating group) is 1. The minimum Gasteiger partial charge on any atom is -0.396 e. The number of aliphatic hydroxyl groups excluding tert-OH is 1. The van der Waals surface area contributed by atoms with Crippen LogP contribution >= 0.6 is 0 Å². The van der Waals surface area contributed by atoms with E-state index in [1.807, 2.05) is 0 Å². The summed E-state index contributed by atoms with van der Waals surface area (Å²) in [6, 6.07) is 10.0. The molecule has 1 saturated carbocycles. The zero-order valence-corrected chi connectivity index (χ0v) is 14.1. The van der Waals surface area contributed by atoms with Crippen LogP contribution in [0.15, 0.2) is 35.9 Å². The number of allylic oxidation sites excluding steroid dienone is 1. The van der Waals surface area contributed by atoms with Crippen molar-refractivity contribution in [2.45, 2.75) is 37.3 Å². The van der Waals surface area contributed by atoms with Gasteiger partial charge in [0.25, 0.3) is 0 Å². The number of nitrogens with zero attached hydrogens (tertiary/aromatic N) is 1. The summed E-state index contributed by atoms with van der Waals surface area (Å²) in [5.41, 5.74) is 4.65. The molecule has 3 heterocycles. The summed E-state index contributed by atoms with van der Waals surface area (Å²) in [5, 5.41) is 14.1. The van der Waals surface area contributed by atoms with Gasteiger partial charge in [0, 0.05) is 37.1 Å². The highest BCUT2D eigenvalue weighted by Gasteiger charge is 2.70. The van der Waals surface area contributed by atoms with Crippen LogP contribution in [0.1, 0.15) is 25.3 Å². The van der Waals surface area contributed by atoms with E-state index in [4.69, 9.17) is 0 Å². The van der Waals surface area contributed by atoms with Crippen molar-refractivity contribution in [2.75, 3.05) is 32.1 Å². The van der Waals surface area contributed by atoms with Crippen LogP contribution in [0.25, 0.3) is 0 Å². The highest BCUT2D eigenvalue weighted by Crippen LogP contribution is 2.62. The van der Waals surface area contributed by atoms with Crippen LogP contribution in [0.5, 0.6) is 0 Å². The fourth-order valence-electron chi connectivity index (χ4n) is 6.76. The molecule has 23 heavy (non-hydrogen) atoms. The van der Waals surface area contributed by atoms with E-state index >= 15 is 0 Å². The first-order valence-electron chi connectivity index (χ1n) is 9.10. The molecule has 0 amide bonds. The molecule has 3 fully saturated rings. The zero-order valence-electron chi connectivity index (χ0n) is 14.1. The molecule has 3 nitrogen and oxygen atoms in total. The van der Waals surface area contributed by atoms with Crippen LogP contribution in [0.4, 0.5) is 5.69 Å². The van der Waals surface area contributed by atoms with E-state index in [-0.39, 0.29) is 5.41 Å². The fraction of sp³-hybridized carbons (Fsp3) is 0.600. The molecule has 1 unspecified atom stereocenters. The van der Waals surface area contributed by atoms with Crippen LogP contribution in [0.2, 0.25) is 0 Å². The standard InChI is InChI=1S/C20H27N2O/c1-3-13-11-22(2)9-8-20-16-6-4-5-7-17(16)21-19(20)15(12-23)14(13)10-18(20)22/h3-7,14-15,18-19,21,23H,8-12H2,1-2H3/q+1/b13-3-/t14-,15-,18-,19-,20+,22?/m1/s1. The molecule has 2 bridgehead atoms. The summed E-state index contributed by atoms with van der Waals surface area (Å²) >= 11 is 0. The lowest BCUT2D eigenvalue weighted by molar-refractivity contribution is -0.925. The van der Waals surface area contributed by atoms with Crippen molar-refractivity contribution in [3.8, 4) is 0 Å². The van der Waals surface area contributed by atoms with Crippen molar-refractivity contribution < 1.29 is 9.59 Å². The van der Waals surface area contributed by atoms with Crippen LogP contribution in [0, 0.1) is 11.8 Å². The average molecular weight is 311 g/mol. The van der Waals surface area contributed by atoms with E-state index in [1.165, 1.54) is 41.7 Å². The minimum absolute atomic E-state index is 0.231. The normalized spacial score (nSPS) is 48.0. The third kappa shape index (κ3) is 1.49. The summed E-state index contributed by atoms with van der Waals surface area (Å²) in [5.74, 6) is 0.899. The number of fused-ring (bicyclic) bond motifs is 2. The highest BCUT2D eigenvalue weighted by atomic mass is 16.3. The molecule has 5 rings (SSSR count). The Labute approximate surface area is 138 Å². The second-order valence-corrected chi connectivity index (χ2v) is 8.39. The number of benzene rings is 1. The zero-order chi connectivity index (χ0) is 15.8. The number of hydrogen-bond acceptors (Lipinski definition) is 2. The van der Waals surface area contributed by atoms with Gasteiger partial charge < -0.3 is 14.9 Å². The number of quaternary nitrogens is 1. The maximum atomic E-state index is 10.3. The molecule has 1 aromatic rings. The second-order valence-electron chi connectivity index (χ2n) is 8.39. The van der Waals surface area contributed by atoms with Gasteiger partial charge in [-0.15, -0.1) is 0 Å². The Kier molecular flexibility index (Phi) is 2.69. The molecule has 2 N–H and O–H groups in total. The summed E-state index contributed by atoms with van der Waals surface area (Å²) in [7, 11) is 2.47. The molecule has 2 saturated heterocycles. The Morgan fingerprint density at radius 1 is 1.39 bits per heavy atom. The Balaban J connectivity index is 1.74. The number of nitrogens with one attached hydrogen (secondary N) is 1. The summed E-state index contributed by atoms with van der Waals surface area (Å²) in [6.07, 6.45) is 4.83. The average Bonchev–Trinajstić information content (AvgIpc) is 3.08. The van der Waals surface area contributed by atoms with Gasteiger partial charge in [-0.05, 0) is 30.0 Å². The van der Waals surface area contributed by atoms with Gasteiger partial charge in [0.1, 0.15) is 12.6 Å². The maximum absolute atomic E-state index is 10.3. The van der Waals surface area contributed by atoms with Gasteiger partial charge in [0.05, 0.1) is 19.0 Å². The van der Waals surface area contributed by atoms with Crippen LogP contribution in [-0.2, 0) is 5.41 Å². The smallest absolute Gasteiger partial charge is 0.102 e.